The van der Waals surface area contributed by atoms with Crippen LogP contribution in [0, 0.1) is 13.8 Å². The molecule has 0 saturated heterocycles. The summed E-state index contributed by atoms with van der Waals surface area (Å²) in [6.45, 7) is 4.90. The minimum atomic E-state index is 0. The molecule has 0 spiro atoms. The lowest BCUT2D eigenvalue weighted by Gasteiger charge is -2.07. The van der Waals surface area contributed by atoms with Crippen LogP contribution in [0.25, 0.3) is 11.0 Å². The largest absolute Gasteiger partial charge is 0.365 e. The Balaban J connectivity index is 0.00000147. The number of aryl methyl sites for hydroxylation is 2. The van der Waals surface area contributed by atoms with Crippen LogP contribution in [0.4, 0.5) is 5.82 Å². The first-order chi connectivity index (χ1) is 9.25. The van der Waals surface area contributed by atoms with E-state index in [0.717, 1.165) is 29.1 Å². The molecule has 2 aromatic heterocycles. The van der Waals surface area contributed by atoms with Crippen molar-refractivity contribution in [2.45, 2.75) is 20.4 Å². The van der Waals surface area contributed by atoms with Gasteiger partial charge in [0.05, 0.1) is 5.39 Å². The topological polar surface area (TPSA) is 53.6 Å². The third kappa shape index (κ3) is 2.60. The fraction of sp³-hybridized carbons (Fsp3) is 0.200. The molecule has 20 heavy (non-hydrogen) atoms. The van der Waals surface area contributed by atoms with Crippen molar-refractivity contribution in [3.05, 3.63) is 53.5 Å². The van der Waals surface area contributed by atoms with Crippen LogP contribution >= 0.6 is 12.4 Å². The molecule has 5 heteroatoms. The van der Waals surface area contributed by atoms with Crippen molar-refractivity contribution < 1.29 is 0 Å². The summed E-state index contributed by atoms with van der Waals surface area (Å²) >= 11 is 0. The van der Waals surface area contributed by atoms with Crippen LogP contribution in [-0.2, 0) is 6.54 Å². The van der Waals surface area contributed by atoms with Gasteiger partial charge in [0.1, 0.15) is 17.8 Å². The molecule has 0 amide bonds. The molecule has 3 aromatic rings. The molecule has 0 saturated carbocycles. The lowest BCUT2D eigenvalue weighted by Crippen LogP contribution is -2.02. The van der Waals surface area contributed by atoms with Crippen LogP contribution in [0.15, 0.2) is 36.7 Å². The Morgan fingerprint density at radius 2 is 1.85 bits per heavy atom. The normalized spacial score (nSPS) is 10.3. The second-order valence-corrected chi connectivity index (χ2v) is 4.66. The van der Waals surface area contributed by atoms with Gasteiger partial charge in [0.25, 0.3) is 0 Å². The quantitative estimate of drug-likeness (QED) is 0.774. The van der Waals surface area contributed by atoms with Gasteiger partial charge in [-0.3, -0.25) is 0 Å². The number of aromatic nitrogens is 3. The lowest BCUT2D eigenvalue weighted by atomic mass is 10.2. The Morgan fingerprint density at radius 1 is 1.10 bits per heavy atom. The Kier molecular flexibility index (Phi) is 4.25. The fourth-order valence-corrected chi connectivity index (χ4v) is 2.21. The number of halogens is 1. The van der Waals surface area contributed by atoms with Crippen molar-refractivity contribution in [2.75, 3.05) is 5.32 Å². The number of nitrogens with one attached hydrogen (secondary N) is 2. The lowest BCUT2D eigenvalue weighted by molar-refractivity contribution is 1.10. The van der Waals surface area contributed by atoms with Gasteiger partial charge >= 0.3 is 0 Å². The number of aromatic amines is 1. The van der Waals surface area contributed by atoms with Crippen LogP contribution in [0.2, 0.25) is 0 Å². The molecule has 1 aromatic carbocycles. The van der Waals surface area contributed by atoms with Gasteiger partial charge in [-0.1, -0.05) is 30.3 Å². The Hall–Kier alpha value is -2.07. The monoisotopic (exact) mass is 288 g/mol. The van der Waals surface area contributed by atoms with Crippen LogP contribution in [0.5, 0.6) is 0 Å². The maximum Gasteiger partial charge on any atom is 0.143 e. The molecule has 0 unspecified atom stereocenters. The summed E-state index contributed by atoms with van der Waals surface area (Å²) in [4.78, 5) is 11.9. The average Bonchev–Trinajstić information content (AvgIpc) is 2.74. The highest BCUT2D eigenvalue weighted by Gasteiger charge is 2.10. The zero-order valence-corrected chi connectivity index (χ0v) is 12.3. The van der Waals surface area contributed by atoms with Crippen molar-refractivity contribution in [3.8, 4) is 0 Å². The van der Waals surface area contributed by atoms with Crippen LogP contribution in [0.1, 0.15) is 16.8 Å². The number of H-pyrrole nitrogens is 1. The van der Waals surface area contributed by atoms with E-state index in [1.165, 1.54) is 11.1 Å². The molecule has 0 atom stereocenters. The molecule has 0 fully saturated rings. The van der Waals surface area contributed by atoms with E-state index in [1.807, 2.05) is 18.2 Å². The van der Waals surface area contributed by atoms with Crippen LogP contribution in [-0.4, -0.2) is 15.0 Å². The third-order valence-corrected chi connectivity index (χ3v) is 3.39. The molecule has 0 bridgehead atoms. The molecular weight excluding hydrogens is 272 g/mol. The van der Waals surface area contributed by atoms with E-state index in [2.05, 4.69) is 46.2 Å². The minimum absolute atomic E-state index is 0. The molecule has 2 heterocycles. The predicted molar refractivity (Wildman–Crippen MR) is 84.4 cm³/mol. The highest BCUT2D eigenvalue weighted by molar-refractivity contribution is 5.91. The number of nitrogens with zero attached hydrogens (tertiary/aromatic N) is 2. The third-order valence-electron chi connectivity index (χ3n) is 3.39. The molecule has 2 N–H and O–H groups in total. The zero-order chi connectivity index (χ0) is 13.2. The summed E-state index contributed by atoms with van der Waals surface area (Å²) in [7, 11) is 0. The van der Waals surface area contributed by atoms with E-state index in [1.54, 1.807) is 6.33 Å². The minimum Gasteiger partial charge on any atom is -0.365 e. The highest BCUT2D eigenvalue weighted by atomic mass is 35.5. The van der Waals surface area contributed by atoms with Gasteiger partial charge in [0.2, 0.25) is 0 Å². The van der Waals surface area contributed by atoms with Crippen LogP contribution in [0.3, 0.4) is 0 Å². The molecule has 0 aliphatic rings. The maximum absolute atomic E-state index is 4.35. The molecule has 4 nitrogen and oxygen atoms in total. The van der Waals surface area contributed by atoms with Crippen molar-refractivity contribution in [3.63, 3.8) is 0 Å². The Morgan fingerprint density at radius 3 is 2.60 bits per heavy atom. The van der Waals surface area contributed by atoms with E-state index < -0.39 is 0 Å². The molecule has 104 valence electrons. The van der Waals surface area contributed by atoms with Gasteiger partial charge in [0.15, 0.2) is 0 Å². The van der Waals surface area contributed by atoms with Crippen molar-refractivity contribution in [1.82, 2.24) is 15.0 Å². The highest BCUT2D eigenvalue weighted by Crippen LogP contribution is 2.25. The predicted octanol–water partition coefficient (Wildman–Crippen LogP) is 3.61. The summed E-state index contributed by atoms with van der Waals surface area (Å²) in [5.41, 5.74) is 4.46. The molecule has 0 aliphatic heterocycles. The van der Waals surface area contributed by atoms with Crippen LogP contribution < -0.4 is 5.32 Å². The summed E-state index contributed by atoms with van der Waals surface area (Å²) in [5.74, 6) is 0.885. The summed E-state index contributed by atoms with van der Waals surface area (Å²) in [6, 6.07) is 10.3. The van der Waals surface area contributed by atoms with Gasteiger partial charge < -0.3 is 10.3 Å². The van der Waals surface area contributed by atoms with E-state index >= 15 is 0 Å². The molecular formula is C15H17ClN4. The van der Waals surface area contributed by atoms with Crippen molar-refractivity contribution in [2.24, 2.45) is 0 Å². The first kappa shape index (κ1) is 14.3. The molecule has 0 radical (unpaired) electrons. The van der Waals surface area contributed by atoms with Gasteiger partial charge in [-0.15, -0.1) is 12.4 Å². The van der Waals surface area contributed by atoms with Crippen molar-refractivity contribution in [1.29, 1.82) is 0 Å². The smallest absolute Gasteiger partial charge is 0.143 e. The van der Waals surface area contributed by atoms with E-state index in [4.69, 9.17) is 0 Å². The maximum atomic E-state index is 4.35. The SMILES string of the molecule is Cc1[nH]c2ncnc(NCc3ccccc3)c2c1C.Cl. The number of hydrogen-bond donors (Lipinski definition) is 2. The summed E-state index contributed by atoms with van der Waals surface area (Å²) < 4.78 is 0. The number of rotatable bonds is 3. The van der Waals surface area contributed by atoms with E-state index in [9.17, 15) is 0 Å². The summed E-state index contributed by atoms with van der Waals surface area (Å²) in [5, 5.41) is 4.47. The first-order valence-electron chi connectivity index (χ1n) is 6.33. The molecule has 0 aliphatic carbocycles. The zero-order valence-electron chi connectivity index (χ0n) is 11.5. The number of anilines is 1. The van der Waals surface area contributed by atoms with E-state index in [0.29, 0.717) is 0 Å². The van der Waals surface area contributed by atoms with Gasteiger partial charge in [0, 0.05) is 12.2 Å². The average molecular weight is 289 g/mol. The number of hydrogen-bond acceptors (Lipinski definition) is 3. The molecule has 3 rings (SSSR count). The Labute approximate surface area is 124 Å². The number of fused-ring (bicyclic) bond motifs is 1. The number of benzene rings is 1. The van der Waals surface area contributed by atoms with Gasteiger partial charge in [-0.25, -0.2) is 9.97 Å². The fourth-order valence-electron chi connectivity index (χ4n) is 2.21. The van der Waals surface area contributed by atoms with Gasteiger partial charge in [-0.2, -0.15) is 0 Å². The van der Waals surface area contributed by atoms with E-state index in [-0.39, 0.29) is 12.4 Å². The van der Waals surface area contributed by atoms with Crippen molar-refractivity contribution >= 4 is 29.3 Å². The second-order valence-electron chi connectivity index (χ2n) is 4.66. The second kappa shape index (κ2) is 5.92. The standard InChI is InChI=1S/C15H16N4.ClH/c1-10-11(2)19-15-13(10)14(17-9-18-15)16-8-12-6-4-3-5-7-12;/h3-7,9H,8H2,1-2H3,(H2,16,17,18,19);1H. The Bertz CT molecular complexity index is 706. The summed E-state index contributed by atoms with van der Waals surface area (Å²) in [6.07, 6.45) is 1.59. The first-order valence-corrected chi connectivity index (χ1v) is 6.33. The van der Waals surface area contributed by atoms with Gasteiger partial charge in [-0.05, 0) is 25.0 Å².